The van der Waals surface area contributed by atoms with Crippen LogP contribution in [0.5, 0.6) is 5.75 Å². The lowest BCUT2D eigenvalue weighted by Gasteiger charge is -2.07. The predicted octanol–water partition coefficient (Wildman–Crippen LogP) is 3.96. The number of aryl methyl sites for hydroxylation is 2. The van der Waals surface area contributed by atoms with Gasteiger partial charge in [-0.3, -0.25) is 4.79 Å². The maximum Gasteiger partial charge on any atom is 0.261 e. The van der Waals surface area contributed by atoms with Crippen molar-refractivity contribution in [3.63, 3.8) is 0 Å². The maximum absolute atomic E-state index is 13.4. The number of amides is 1. The van der Waals surface area contributed by atoms with Crippen LogP contribution in [0.25, 0.3) is 0 Å². The molecule has 2 aromatic rings. The van der Waals surface area contributed by atoms with Crippen LogP contribution in [0.4, 0.5) is 4.39 Å². The molecule has 0 saturated heterocycles. The SMILES string of the molecule is O=C(NCCOc1ccccc1F)c1cc2c(s1)CCCCC2. The van der Waals surface area contributed by atoms with E-state index in [1.54, 1.807) is 29.5 Å². The molecule has 1 aliphatic rings. The third-order valence-electron chi connectivity index (χ3n) is 3.95. The lowest BCUT2D eigenvalue weighted by atomic mass is 10.1. The molecule has 0 unspecified atom stereocenters. The summed E-state index contributed by atoms with van der Waals surface area (Å²) in [6.45, 7) is 0.605. The molecular weight excluding hydrogens is 313 g/mol. The van der Waals surface area contributed by atoms with Crippen molar-refractivity contribution in [2.24, 2.45) is 0 Å². The van der Waals surface area contributed by atoms with Gasteiger partial charge in [-0.15, -0.1) is 11.3 Å². The van der Waals surface area contributed by atoms with Crippen LogP contribution in [0.15, 0.2) is 30.3 Å². The summed E-state index contributed by atoms with van der Waals surface area (Å²) >= 11 is 1.60. The third-order valence-corrected chi connectivity index (χ3v) is 5.19. The number of ether oxygens (including phenoxy) is 1. The number of carbonyl (C=O) groups is 1. The highest BCUT2D eigenvalue weighted by atomic mass is 32.1. The second kappa shape index (κ2) is 7.59. The number of nitrogens with one attached hydrogen (secondary N) is 1. The fraction of sp³-hybridized carbons (Fsp3) is 0.389. The third kappa shape index (κ3) is 4.10. The van der Waals surface area contributed by atoms with Crippen LogP contribution < -0.4 is 10.1 Å². The van der Waals surface area contributed by atoms with Gasteiger partial charge in [0.2, 0.25) is 0 Å². The molecule has 1 aromatic carbocycles. The minimum absolute atomic E-state index is 0.0693. The van der Waals surface area contributed by atoms with E-state index in [9.17, 15) is 9.18 Å². The Labute approximate surface area is 139 Å². The zero-order valence-corrected chi connectivity index (χ0v) is 13.8. The number of fused-ring (bicyclic) bond motifs is 1. The van der Waals surface area contributed by atoms with Crippen molar-refractivity contribution in [2.45, 2.75) is 32.1 Å². The van der Waals surface area contributed by atoms with Crippen LogP contribution in [0.1, 0.15) is 39.4 Å². The van der Waals surface area contributed by atoms with Gasteiger partial charge in [0.1, 0.15) is 6.61 Å². The second-order valence-electron chi connectivity index (χ2n) is 5.65. The van der Waals surface area contributed by atoms with E-state index in [2.05, 4.69) is 5.32 Å². The molecule has 1 N–H and O–H groups in total. The monoisotopic (exact) mass is 333 g/mol. The van der Waals surface area contributed by atoms with Gasteiger partial charge in [-0.2, -0.15) is 0 Å². The van der Waals surface area contributed by atoms with Crippen molar-refractivity contribution < 1.29 is 13.9 Å². The van der Waals surface area contributed by atoms with E-state index in [0.29, 0.717) is 6.54 Å². The molecule has 0 bridgehead atoms. The number of para-hydroxylation sites is 1. The second-order valence-corrected chi connectivity index (χ2v) is 6.79. The van der Waals surface area contributed by atoms with Gasteiger partial charge in [0, 0.05) is 4.88 Å². The number of hydrogen-bond acceptors (Lipinski definition) is 3. The van der Waals surface area contributed by atoms with Gasteiger partial charge in [0.15, 0.2) is 11.6 Å². The van der Waals surface area contributed by atoms with Crippen molar-refractivity contribution in [3.05, 3.63) is 51.5 Å². The van der Waals surface area contributed by atoms with E-state index in [1.807, 2.05) is 6.07 Å². The Morgan fingerprint density at radius 1 is 1.22 bits per heavy atom. The summed E-state index contributed by atoms with van der Waals surface area (Å²) in [6, 6.07) is 8.29. The van der Waals surface area contributed by atoms with Gasteiger partial charge in [0.25, 0.3) is 5.91 Å². The lowest BCUT2D eigenvalue weighted by molar-refractivity contribution is 0.0950. The Hall–Kier alpha value is -1.88. The first-order valence-electron chi connectivity index (χ1n) is 8.01. The van der Waals surface area contributed by atoms with Crippen molar-refractivity contribution in [3.8, 4) is 5.75 Å². The van der Waals surface area contributed by atoms with Gasteiger partial charge in [-0.05, 0) is 49.4 Å². The first-order chi connectivity index (χ1) is 11.2. The maximum atomic E-state index is 13.4. The Bertz CT molecular complexity index is 660. The average molecular weight is 333 g/mol. The molecule has 0 fully saturated rings. The van der Waals surface area contributed by atoms with Crippen LogP contribution in [-0.2, 0) is 12.8 Å². The van der Waals surface area contributed by atoms with Crippen molar-refractivity contribution in [2.75, 3.05) is 13.2 Å². The largest absolute Gasteiger partial charge is 0.489 e. The number of carbonyl (C=O) groups excluding carboxylic acids is 1. The molecule has 1 aromatic heterocycles. The molecule has 1 amide bonds. The highest BCUT2D eigenvalue weighted by Crippen LogP contribution is 2.28. The number of halogens is 1. The zero-order chi connectivity index (χ0) is 16.1. The first-order valence-corrected chi connectivity index (χ1v) is 8.83. The normalized spacial score (nSPS) is 14.0. The smallest absolute Gasteiger partial charge is 0.261 e. The van der Waals surface area contributed by atoms with Gasteiger partial charge in [-0.25, -0.2) is 4.39 Å². The van der Waals surface area contributed by atoms with Crippen LogP contribution in [0, 0.1) is 5.82 Å². The summed E-state index contributed by atoms with van der Waals surface area (Å²) < 4.78 is 18.7. The van der Waals surface area contributed by atoms with Crippen LogP contribution in [0.2, 0.25) is 0 Å². The Balaban J connectivity index is 1.49. The van der Waals surface area contributed by atoms with Crippen LogP contribution >= 0.6 is 11.3 Å². The topological polar surface area (TPSA) is 38.3 Å². The molecule has 3 nitrogen and oxygen atoms in total. The van der Waals surface area contributed by atoms with E-state index in [0.717, 1.165) is 17.7 Å². The number of hydrogen-bond donors (Lipinski definition) is 1. The average Bonchev–Trinajstić information content (AvgIpc) is 2.84. The Kier molecular flexibility index (Phi) is 5.28. The predicted molar refractivity (Wildman–Crippen MR) is 89.8 cm³/mol. The van der Waals surface area contributed by atoms with Crippen molar-refractivity contribution in [1.82, 2.24) is 5.32 Å². The molecule has 1 aliphatic carbocycles. The number of rotatable bonds is 5. The van der Waals surface area contributed by atoms with E-state index < -0.39 is 0 Å². The number of thiophene rings is 1. The zero-order valence-electron chi connectivity index (χ0n) is 12.9. The fourth-order valence-electron chi connectivity index (χ4n) is 2.75. The summed E-state index contributed by atoms with van der Waals surface area (Å²) in [5.41, 5.74) is 1.33. The summed E-state index contributed by atoms with van der Waals surface area (Å²) in [4.78, 5) is 14.3. The molecule has 0 spiro atoms. The molecule has 0 atom stereocenters. The minimum Gasteiger partial charge on any atom is -0.489 e. The lowest BCUT2D eigenvalue weighted by Crippen LogP contribution is -2.27. The van der Waals surface area contributed by atoms with Gasteiger partial charge in [0.05, 0.1) is 11.4 Å². The van der Waals surface area contributed by atoms with Gasteiger partial charge >= 0.3 is 0 Å². The quantitative estimate of drug-likeness (QED) is 0.664. The van der Waals surface area contributed by atoms with E-state index in [4.69, 9.17) is 4.74 Å². The van der Waals surface area contributed by atoms with Crippen LogP contribution in [0.3, 0.4) is 0 Å². The van der Waals surface area contributed by atoms with E-state index in [1.165, 1.54) is 35.8 Å². The molecule has 23 heavy (non-hydrogen) atoms. The summed E-state index contributed by atoms with van der Waals surface area (Å²) in [5.74, 6) is -0.245. The summed E-state index contributed by atoms with van der Waals surface area (Å²) in [5, 5.41) is 2.84. The Morgan fingerprint density at radius 3 is 2.91 bits per heavy atom. The van der Waals surface area contributed by atoms with E-state index >= 15 is 0 Å². The first kappa shape index (κ1) is 16.0. The number of benzene rings is 1. The molecular formula is C18H20FNO2S. The highest BCUT2D eigenvalue weighted by Gasteiger charge is 2.16. The van der Waals surface area contributed by atoms with Crippen molar-refractivity contribution >= 4 is 17.2 Å². The highest BCUT2D eigenvalue weighted by molar-refractivity contribution is 7.14. The minimum atomic E-state index is -0.388. The fourth-order valence-corrected chi connectivity index (χ4v) is 3.92. The van der Waals surface area contributed by atoms with E-state index in [-0.39, 0.29) is 24.1 Å². The summed E-state index contributed by atoms with van der Waals surface area (Å²) in [7, 11) is 0. The molecule has 1 heterocycles. The standard InChI is InChI=1S/C18H20FNO2S/c19-14-7-4-5-8-15(14)22-11-10-20-18(21)17-12-13-6-2-1-3-9-16(13)23-17/h4-5,7-8,12H,1-3,6,9-11H2,(H,20,21). The molecule has 0 saturated carbocycles. The summed E-state index contributed by atoms with van der Waals surface area (Å²) in [6.07, 6.45) is 5.86. The van der Waals surface area contributed by atoms with Gasteiger partial charge < -0.3 is 10.1 Å². The van der Waals surface area contributed by atoms with Gasteiger partial charge in [-0.1, -0.05) is 18.6 Å². The Morgan fingerprint density at radius 2 is 2.04 bits per heavy atom. The molecule has 0 aliphatic heterocycles. The van der Waals surface area contributed by atoms with Crippen molar-refractivity contribution in [1.29, 1.82) is 0 Å². The molecule has 5 heteroatoms. The van der Waals surface area contributed by atoms with Crippen LogP contribution in [-0.4, -0.2) is 19.1 Å². The molecule has 0 radical (unpaired) electrons. The molecule has 3 rings (SSSR count). The molecule has 122 valence electrons.